The molecule has 0 aliphatic rings. The fourth-order valence-electron chi connectivity index (χ4n) is 2.84. The van der Waals surface area contributed by atoms with Gasteiger partial charge in [0.1, 0.15) is 12.1 Å². The third-order valence-electron chi connectivity index (χ3n) is 4.50. The van der Waals surface area contributed by atoms with Crippen LogP contribution in [0.2, 0.25) is 0 Å². The minimum atomic E-state index is -0.601. The lowest BCUT2D eigenvalue weighted by atomic mass is 9.88. The molecule has 1 rings (SSSR count). The summed E-state index contributed by atoms with van der Waals surface area (Å²) in [6.07, 6.45) is 1.95. The topological polar surface area (TPSA) is 89.5 Å². The van der Waals surface area contributed by atoms with Crippen LogP contribution < -0.4 is 5.32 Å². The number of aldehydes is 1. The first-order valence-electron chi connectivity index (χ1n) is 9.25. The summed E-state index contributed by atoms with van der Waals surface area (Å²) >= 11 is 0. The van der Waals surface area contributed by atoms with Gasteiger partial charge in [-0.25, -0.2) is 0 Å². The largest absolute Gasteiger partial charge is 0.469 e. The Morgan fingerprint density at radius 3 is 2.30 bits per heavy atom. The van der Waals surface area contributed by atoms with Gasteiger partial charge in [0.2, 0.25) is 5.91 Å². The molecule has 0 spiro atoms. The number of ketones is 1. The zero-order chi connectivity index (χ0) is 20.2. The van der Waals surface area contributed by atoms with Gasteiger partial charge in [-0.15, -0.1) is 0 Å². The predicted octanol–water partition coefficient (Wildman–Crippen LogP) is 2.49. The standard InChI is InChI=1S/C21H29NO5/c1-15(2)19(11-9-18(24)10-12-20(25)27-3)21(26)22-17(14-23)13-16-7-5-4-6-8-16/h4-8,14-15,17,19H,9-13H2,1-3H3,(H,22,26)/t17?,19-/m0/s1. The van der Waals surface area contributed by atoms with E-state index < -0.39 is 12.0 Å². The van der Waals surface area contributed by atoms with Crippen molar-refractivity contribution in [3.05, 3.63) is 35.9 Å². The highest BCUT2D eigenvalue weighted by atomic mass is 16.5. The van der Waals surface area contributed by atoms with Crippen molar-refractivity contribution in [2.75, 3.05) is 7.11 Å². The highest BCUT2D eigenvalue weighted by Gasteiger charge is 2.25. The van der Waals surface area contributed by atoms with Crippen molar-refractivity contribution < 1.29 is 23.9 Å². The number of rotatable bonds is 12. The Morgan fingerprint density at radius 2 is 1.74 bits per heavy atom. The van der Waals surface area contributed by atoms with Crippen molar-refractivity contribution in [1.29, 1.82) is 0 Å². The molecule has 0 bridgehead atoms. The summed E-state index contributed by atoms with van der Waals surface area (Å²) in [4.78, 5) is 47.0. The minimum Gasteiger partial charge on any atom is -0.469 e. The number of esters is 1. The second-order valence-electron chi connectivity index (χ2n) is 6.94. The number of hydrogen-bond donors (Lipinski definition) is 1. The zero-order valence-electron chi connectivity index (χ0n) is 16.3. The van der Waals surface area contributed by atoms with Crippen LogP contribution in [-0.4, -0.2) is 37.1 Å². The van der Waals surface area contributed by atoms with E-state index in [-0.39, 0.29) is 42.8 Å². The van der Waals surface area contributed by atoms with Crippen LogP contribution in [0.15, 0.2) is 30.3 Å². The number of benzene rings is 1. The van der Waals surface area contributed by atoms with Crippen molar-refractivity contribution >= 4 is 23.9 Å². The van der Waals surface area contributed by atoms with Gasteiger partial charge in [-0.05, 0) is 24.3 Å². The van der Waals surface area contributed by atoms with Crippen molar-refractivity contribution in [2.45, 2.75) is 52.0 Å². The van der Waals surface area contributed by atoms with Crippen LogP contribution in [0.25, 0.3) is 0 Å². The van der Waals surface area contributed by atoms with E-state index >= 15 is 0 Å². The molecule has 0 radical (unpaired) electrons. The lowest BCUT2D eigenvalue weighted by Gasteiger charge is -2.22. The fraction of sp³-hybridized carbons (Fsp3) is 0.524. The molecule has 0 saturated carbocycles. The Hall–Kier alpha value is -2.50. The van der Waals surface area contributed by atoms with Gasteiger partial charge in [0.15, 0.2) is 0 Å². The van der Waals surface area contributed by atoms with E-state index in [9.17, 15) is 19.2 Å². The normalized spacial score (nSPS) is 12.9. The number of Topliss-reactive ketones (excluding diaryl/α,β-unsaturated/α-hetero) is 1. The number of ether oxygens (including phenoxy) is 1. The Labute approximate surface area is 160 Å². The van der Waals surface area contributed by atoms with Crippen LogP contribution >= 0.6 is 0 Å². The van der Waals surface area contributed by atoms with Crippen LogP contribution in [-0.2, 0) is 30.3 Å². The molecule has 0 saturated heterocycles. The quantitative estimate of drug-likeness (QED) is 0.448. The summed E-state index contributed by atoms with van der Waals surface area (Å²) in [7, 11) is 1.28. The molecule has 1 aromatic rings. The highest BCUT2D eigenvalue weighted by Crippen LogP contribution is 2.19. The number of carbonyl (C=O) groups excluding carboxylic acids is 4. The molecule has 2 atom stereocenters. The molecule has 0 heterocycles. The third-order valence-corrected chi connectivity index (χ3v) is 4.50. The van der Waals surface area contributed by atoms with Gasteiger partial charge >= 0.3 is 5.97 Å². The van der Waals surface area contributed by atoms with Crippen molar-refractivity contribution in [1.82, 2.24) is 5.32 Å². The maximum atomic E-state index is 12.6. The SMILES string of the molecule is COC(=O)CCC(=O)CC[C@H](C(=O)NC(C=O)Cc1ccccc1)C(C)C. The second-order valence-corrected chi connectivity index (χ2v) is 6.94. The summed E-state index contributed by atoms with van der Waals surface area (Å²) in [6.45, 7) is 3.83. The van der Waals surface area contributed by atoms with Crippen molar-refractivity contribution in [3.8, 4) is 0 Å². The number of methoxy groups -OCH3 is 1. The van der Waals surface area contributed by atoms with Crippen molar-refractivity contribution in [2.24, 2.45) is 11.8 Å². The van der Waals surface area contributed by atoms with Crippen LogP contribution in [0.1, 0.15) is 45.1 Å². The van der Waals surface area contributed by atoms with Gasteiger partial charge in [0.25, 0.3) is 0 Å². The van der Waals surface area contributed by atoms with E-state index in [1.807, 2.05) is 44.2 Å². The Morgan fingerprint density at radius 1 is 1.07 bits per heavy atom. The van der Waals surface area contributed by atoms with Gasteiger partial charge in [-0.1, -0.05) is 44.2 Å². The predicted molar refractivity (Wildman–Crippen MR) is 102 cm³/mol. The van der Waals surface area contributed by atoms with E-state index in [4.69, 9.17) is 0 Å². The van der Waals surface area contributed by atoms with Crippen LogP contribution in [0.4, 0.5) is 0 Å². The third kappa shape index (κ3) is 8.62. The first-order chi connectivity index (χ1) is 12.9. The van der Waals surface area contributed by atoms with Crippen LogP contribution in [0.3, 0.4) is 0 Å². The average molecular weight is 375 g/mol. The molecule has 0 aliphatic heterocycles. The summed E-state index contributed by atoms with van der Waals surface area (Å²) in [5, 5.41) is 2.79. The number of hydrogen-bond acceptors (Lipinski definition) is 5. The average Bonchev–Trinajstić information content (AvgIpc) is 2.66. The maximum absolute atomic E-state index is 12.6. The zero-order valence-corrected chi connectivity index (χ0v) is 16.3. The minimum absolute atomic E-state index is 0.0300. The van der Waals surface area contributed by atoms with Gasteiger partial charge in [-0.2, -0.15) is 0 Å². The van der Waals surface area contributed by atoms with Gasteiger partial charge in [-0.3, -0.25) is 14.4 Å². The second kappa shape index (κ2) is 12.0. The molecule has 1 aromatic carbocycles. The number of nitrogens with one attached hydrogen (secondary N) is 1. The van der Waals surface area contributed by atoms with E-state index in [0.29, 0.717) is 12.8 Å². The molecule has 0 aromatic heterocycles. The monoisotopic (exact) mass is 375 g/mol. The first-order valence-corrected chi connectivity index (χ1v) is 9.25. The number of carbonyl (C=O) groups is 4. The summed E-state index contributed by atoms with van der Waals surface area (Å²) < 4.78 is 4.52. The lowest BCUT2D eigenvalue weighted by molar-refractivity contribution is -0.142. The summed E-state index contributed by atoms with van der Waals surface area (Å²) in [5.41, 5.74) is 0.967. The molecule has 0 aliphatic carbocycles. The molecule has 1 unspecified atom stereocenters. The molecule has 1 amide bonds. The summed E-state index contributed by atoms with van der Waals surface area (Å²) in [6, 6.07) is 8.87. The maximum Gasteiger partial charge on any atom is 0.305 e. The van der Waals surface area contributed by atoms with Gasteiger partial charge in [0, 0.05) is 18.8 Å². The molecular weight excluding hydrogens is 346 g/mol. The Balaban J connectivity index is 2.57. The number of amides is 1. The van der Waals surface area contributed by atoms with Gasteiger partial charge in [0.05, 0.1) is 19.6 Å². The highest BCUT2D eigenvalue weighted by molar-refractivity contribution is 5.85. The molecule has 6 heteroatoms. The smallest absolute Gasteiger partial charge is 0.305 e. The Kier molecular flexibility index (Phi) is 10.0. The molecule has 148 valence electrons. The molecule has 6 nitrogen and oxygen atoms in total. The van der Waals surface area contributed by atoms with Crippen LogP contribution in [0.5, 0.6) is 0 Å². The van der Waals surface area contributed by atoms with E-state index in [0.717, 1.165) is 11.8 Å². The molecule has 1 N–H and O–H groups in total. The van der Waals surface area contributed by atoms with E-state index in [2.05, 4.69) is 10.1 Å². The first kappa shape index (κ1) is 22.5. The van der Waals surface area contributed by atoms with Crippen LogP contribution in [0, 0.1) is 11.8 Å². The molecular formula is C21H29NO5. The van der Waals surface area contributed by atoms with Gasteiger partial charge < -0.3 is 14.8 Å². The van der Waals surface area contributed by atoms with E-state index in [1.54, 1.807) is 0 Å². The molecule has 27 heavy (non-hydrogen) atoms. The summed E-state index contributed by atoms with van der Waals surface area (Å²) in [5.74, 6) is -1.06. The molecule has 0 fully saturated rings. The fourth-order valence-corrected chi connectivity index (χ4v) is 2.84. The Bertz CT molecular complexity index is 627. The lowest BCUT2D eigenvalue weighted by Crippen LogP contribution is -2.42. The van der Waals surface area contributed by atoms with Crippen molar-refractivity contribution in [3.63, 3.8) is 0 Å². The van der Waals surface area contributed by atoms with E-state index in [1.165, 1.54) is 7.11 Å².